The van der Waals surface area contributed by atoms with Gasteiger partial charge in [0, 0.05) is 16.6 Å². The van der Waals surface area contributed by atoms with E-state index in [2.05, 4.69) is 12.1 Å². The minimum absolute atomic E-state index is 0.276. The van der Waals surface area contributed by atoms with Gasteiger partial charge in [0.15, 0.2) is 0 Å². The van der Waals surface area contributed by atoms with Gasteiger partial charge in [-0.25, -0.2) is 0 Å². The van der Waals surface area contributed by atoms with E-state index in [0.29, 0.717) is 11.7 Å². The van der Waals surface area contributed by atoms with Gasteiger partial charge in [0.05, 0.1) is 7.11 Å². The van der Waals surface area contributed by atoms with E-state index < -0.39 is 0 Å². The lowest BCUT2D eigenvalue weighted by atomic mass is 10.2. The lowest BCUT2D eigenvalue weighted by Gasteiger charge is -2.13. The second kappa shape index (κ2) is 7.06. The van der Waals surface area contributed by atoms with Crippen LogP contribution in [0.1, 0.15) is 19.8 Å². The van der Waals surface area contributed by atoms with E-state index in [1.165, 1.54) is 0 Å². The van der Waals surface area contributed by atoms with Crippen molar-refractivity contribution >= 4 is 17.6 Å². The summed E-state index contributed by atoms with van der Waals surface area (Å²) >= 11 is 1.72. The van der Waals surface area contributed by atoms with Crippen molar-refractivity contribution in [3.8, 4) is 5.75 Å². The van der Waals surface area contributed by atoms with E-state index in [9.17, 15) is 0 Å². The quantitative estimate of drug-likeness (QED) is 0.269. The predicted molar refractivity (Wildman–Crippen MR) is 71.0 cm³/mol. The van der Waals surface area contributed by atoms with Gasteiger partial charge in [-0.2, -0.15) is 0 Å². The number of hydrogen-bond acceptors (Lipinski definition) is 4. The Morgan fingerprint density at radius 2 is 2.12 bits per heavy atom. The van der Waals surface area contributed by atoms with Crippen LogP contribution in [0, 0.1) is 0 Å². The maximum absolute atomic E-state index is 8.55. The van der Waals surface area contributed by atoms with E-state index >= 15 is 0 Å². The van der Waals surface area contributed by atoms with Gasteiger partial charge in [0.25, 0.3) is 0 Å². The molecule has 0 aliphatic heterocycles. The Hall–Kier alpha value is -1.36. The second-order valence-electron chi connectivity index (χ2n) is 3.62. The van der Waals surface area contributed by atoms with Crippen molar-refractivity contribution in [1.82, 2.24) is 0 Å². The number of nitrogens with two attached hydrogens (primary N) is 1. The Balaban J connectivity index is 2.60. The fraction of sp³-hybridized carbons (Fsp3) is 0.417. The fourth-order valence-electron chi connectivity index (χ4n) is 1.39. The van der Waals surface area contributed by atoms with E-state index in [-0.39, 0.29) is 5.84 Å². The second-order valence-corrected chi connectivity index (χ2v) is 4.99. The summed E-state index contributed by atoms with van der Waals surface area (Å²) in [5, 5.41) is 11.9. The molecule has 0 fully saturated rings. The van der Waals surface area contributed by atoms with Crippen molar-refractivity contribution < 1.29 is 9.94 Å². The van der Waals surface area contributed by atoms with Crippen LogP contribution < -0.4 is 10.5 Å². The lowest BCUT2D eigenvalue weighted by Crippen LogP contribution is -2.18. The van der Waals surface area contributed by atoms with Crippen LogP contribution in [0.4, 0.5) is 0 Å². The number of ether oxygens (including phenoxy) is 1. The molecule has 0 radical (unpaired) electrons. The summed E-state index contributed by atoms with van der Waals surface area (Å²) < 4.78 is 5.10. The first kappa shape index (κ1) is 13.7. The molecule has 17 heavy (non-hydrogen) atoms. The molecule has 0 aromatic heterocycles. The molecule has 0 aliphatic carbocycles. The van der Waals surface area contributed by atoms with E-state index in [0.717, 1.165) is 17.1 Å². The van der Waals surface area contributed by atoms with Crippen LogP contribution in [-0.2, 0) is 0 Å². The van der Waals surface area contributed by atoms with Crippen LogP contribution in [0.2, 0.25) is 0 Å². The van der Waals surface area contributed by atoms with Crippen molar-refractivity contribution in [3.05, 3.63) is 24.3 Å². The number of amidine groups is 1. The van der Waals surface area contributed by atoms with Gasteiger partial charge in [0.1, 0.15) is 11.6 Å². The highest BCUT2D eigenvalue weighted by Crippen LogP contribution is 2.28. The fourth-order valence-corrected chi connectivity index (χ4v) is 2.49. The van der Waals surface area contributed by atoms with Crippen LogP contribution in [0.15, 0.2) is 34.3 Å². The number of thioether (sulfide) groups is 1. The SMILES string of the molecule is CCC(C/C(N)=N/O)Sc1ccc(OC)cc1. The zero-order valence-corrected chi connectivity index (χ0v) is 10.9. The predicted octanol–water partition coefficient (Wildman–Crippen LogP) is 2.70. The molecule has 0 saturated carbocycles. The normalized spacial score (nSPS) is 13.4. The third-order valence-electron chi connectivity index (χ3n) is 2.38. The zero-order chi connectivity index (χ0) is 12.7. The molecule has 1 atom stereocenters. The number of methoxy groups -OCH3 is 1. The molecule has 0 amide bonds. The molecule has 94 valence electrons. The summed E-state index contributed by atoms with van der Waals surface area (Å²) in [5.41, 5.74) is 5.52. The summed E-state index contributed by atoms with van der Waals surface area (Å²) in [5.74, 6) is 1.12. The molecular formula is C12H18N2O2S. The van der Waals surface area contributed by atoms with E-state index in [1.54, 1.807) is 18.9 Å². The average molecular weight is 254 g/mol. The van der Waals surface area contributed by atoms with Crippen molar-refractivity contribution in [2.75, 3.05) is 7.11 Å². The van der Waals surface area contributed by atoms with Crippen LogP contribution in [0.5, 0.6) is 5.75 Å². The van der Waals surface area contributed by atoms with Gasteiger partial charge in [0.2, 0.25) is 0 Å². The van der Waals surface area contributed by atoms with Gasteiger partial charge in [-0.05, 0) is 30.7 Å². The molecule has 0 bridgehead atoms. The molecule has 0 spiro atoms. The molecule has 3 N–H and O–H groups in total. The highest BCUT2D eigenvalue weighted by Gasteiger charge is 2.10. The smallest absolute Gasteiger partial charge is 0.140 e. The van der Waals surface area contributed by atoms with Crippen molar-refractivity contribution in [2.45, 2.75) is 29.9 Å². The summed E-state index contributed by atoms with van der Waals surface area (Å²) in [6.45, 7) is 2.09. The summed E-state index contributed by atoms with van der Waals surface area (Å²) in [6, 6.07) is 7.88. The Morgan fingerprint density at radius 1 is 1.47 bits per heavy atom. The third-order valence-corrected chi connectivity index (χ3v) is 3.76. The molecule has 1 unspecified atom stereocenters. The van der Waals surface area contributed by atoms with Gasteiger partial charge in [-0.3, -0.25) is 0 Å². The molecular weight excluding hydrogens is 236 g/mol. The van der Waals surface area contributed by atoms with Gasteiger partial charge < -0.3 is 15.7 Å². The molecule has 0 heterocycles. The molecule has 5 heteroatoms. The Labute approximate surface area is 106 Å². The Morgan fingerprint density at radius 3 is 2.59 bits per heavy atom. The highest BCUT2D eigenvalue weighted by molar-refractivity contribution is 8.00. The number of benzene rings is 1. The standard InChI is InChI=1S/C12H18N2O2S/c1-3-10(8-12(13)14-15)17-11-6-4-9(16-2)5-7-11/h4-7,10,15H,3,8H2,1-2H3,(H2,13,14). The minimum Gasteiger partial charge on any atom is -0.497 e. The summed E-state index contributed by atoms with van der Waals surface area (Å²) in [7, 11) is 1.65. The van der Waals surface area contributed by atoms with E-state index in [4.69, 9.17) is 15.7 Å². The van der Waals surface area contributed by atoms with Crippen LogP contribution in [-0.4, -0.2) is 23.4 Å². The van der Waals surface area contributed by atoms with E-state index in [1.807, 2.05) is 24.3 Å². The third kappa shape index (κ3) is 4.56. The molecule has 1 aromatic carbocycles. The lowest BCUT2D eigenvalue weighted by molar-refractivity contribution is 0.316. The monoisotopic (exact) mass is 254 g/mol. The minimum atomic E-state index is 0.276. The molecule has 0 saturated heterocycles. The highest BCUT2D eigenvalue weighted by atomic mass is 32.2. The summed E-state index contributed by atoms with van der Waals surface area (Å²) in [6.07, 6.45) is 1.55. The van der Waals surface area contributed by atoms with Crippen LogP contribution >= 0.6 is 11.8 Å². The first-order valence-corrected chi connectivity index (χ1v) is 6.34. The number of nitrogens with zero attached hydrogens (tertiary/aromatic N) is 1. The zero-order valence-electron chi connectivity index (χ0n) is 10.1. The first-order valence-electron chi connectivity index (χ1n) is 5.46. The molecule has 0 aliphatic rings. The maximum Gasteiger partial charge on any atom is 0.140 e. The van der Waals surface area contributed by atoms with Crippen LogP contribution in [0.25, 0.3) is 0 Å². The van der Waals surface area contributed by atoms with Gasteiger partial charge in [-0.1, -0.05) is 12.1 Å². The topological polar surface area (TPSA) is 67.8 Å². The molecule has 1 rings (SSSR count). The molecule has 1 aromatic rings. The Kier molecular flexibility index (Phi) is 5.69. The van der Waals surface area contributed by atoms with Gasteiger partial charge >= 0.3 is 0 Å². The summed E-state index contributed by atoms with van der Waals surface area (Å²) in [4.78, 5) is 1.16. The molecule has 4 nitrogen and oxygen atoms in total. The van der Waals surface area contributed by atoms with Crippen molar-refractivity contribution in [1.29, 1.82) is 0 Å². The largest absolute Gasteiger partial charge is 0.497 e. The average Bonchev–Trinajstić information content (AvgIpc) is 2.38. The number of oxime groups is 1. The number of hydrogen-bond donors (Lipinski definition) is 2. The first-order chi connectivity index (χ1) is 8.19. The van der Waals surface area contributed by atoms with Crippen LogP contribution in [0.3, 0.4) is 0 Å². The van der Waals surface area contributed by atoms with Crippen molar-refractivity contribution in [2.24, 2.45) is 10.9 Å². The maximum atomic E-state index is 8.55. The Bertz CT molecular complexity index is 365. The number of rotatable bonds is 6. The van der Waals surface area contributed by atoms with Crippen molar-refractivity contribution in [3.63, 3.8) is 0 Å². The van der Waals surface area contributed by atoms with Gasteiger partial charge in [-0.15, -0.1) is 11.8 Å².